The molecule has 28 heavy (non-hydrogen) atoms. The molecule has 0 heterocycles. The number of hydrogen-bond donors (Lipinski definition) is 0. The van der Waals surface area contributed by atoms with Gasteiger partial charge < -0.3 is 14.2 Å². The smallest absolute Gasteiger partial charge is 0.416 e. The Morgan fingerprint density at radius 3 is 2.11 bits per heavy atom. The molecule has 0 atom stereocenters. The molecule has 0 bridgehead atoms. The Balaban J connectivity index is 2.53. The molecule has 0 N–H and O–H groups in total. The fraction of sp³-hybridized carbons (Fsp3) is 0.381. The SMILES string of the molecule is CC(C)OC(=O)c1c(OCc2ccccc2)cc(C(F)(F)F)cc1OC(C)C. The van der Waals surface area contributed by atoms with Gasteiger partial charge in [-0.05, 0) is 45.4 Å². The zero-order chi connectivity index (χ0) is 20.9. The first-order chi connectivity index (χ1) is 13.1. The third-order valence-electron chi connectivity index (χ3n) is 3.54. The van der Waals surface area contributed by atoms with Gasteiger partial charge in [0.25, 0.3) is 0 Å². The molecular weight excluding hydrogens is 373 g/mol. The van der Waals surface area contributed by atoms with E-state index in [0.29, 0.717) is 0 Å². The van der Waals surface area contributed by atoms with Crippen LogP contribution in [0.3, 0.4) is 0 Å². The topological polar surface area (TPSA) is 44.8 Å². The van der Waals surface area contributed by atoms with Gasteiger partial charge in [-0.3, -0.25) is 0 Å². The van der Waals surface area contributed by atoms with Crippen molar-refractivity contribution in [3.8, 4) is 11.5 Å². The van der Waals surface area contributed by atoms with Crippen molar-refractivity contribution in [3.05, 3.63) is 59.2 Å². The van der Waals surface area contributed by atoms with Crippen molar-refractivity contribution < 1.29 is 32.2 Å². The zero-order valence-corrected chi connectivity index (χ0v) is 16.2. The molecule has 0 aliphatic rings. The van der Waals surface area contributed by atoms with E-state index >= 15 is 0 Å². The van der Waals surface area contributed by atoms with Gasteiger partial charge in [0.1, 0.15) is 23.7 Å². The van der Waals surface area contributed by atoms with E-state index < -0.39 is 29.9 Å². The molecule has 4 nitrogen and oxygen atoms in total. The summed E-state index contributed by atoms with van der Waals surface area (Å²) in [5, 5.41) is 0. The van der Waals surface area contributed by atoms with Crippen LogP contribution < -0.4 is 9.47 Å². The molecule has 0 amide bonds. The second-order valence-corrected chi connectivity index (χ2v) is 6.74. The molecule has 2 aromatic rings. The van der Waals surface area contributed by atoms with Crippen LogP contribution in [0.5, 0.6) is 11.5 Å². The summed E-state index contributed by atoms with van der Waals surface area (Å²) in [4.78, 5) is 12.6. The van der Waals surface area contributed by atoms with Crippen LogP contribution in [-0.2, 0) is 17.5 Å². The van der Waals surface area contributed by atoms with Crippen molar-refractivity contribution in [1.29, 1.82) is 0 Å². The number of carbonyl (C=O) groups is 1. The predicted molar refractivity (Wildman–Crippen MR) is 98.5 cm³/mol. The van der Waals surface area contributed by atoms with Gasteiger partial charge in [-0.15, -0.1) is 0 Å². The van der Waals surface area contributed by atoms with E-state index in [0.717, 1.165) is 17.7 Å². The molecule has 0 radical (unpaired) electrons. The van der Waals surface area contributed by atoms with Gasteiger partial charge in [0.05, 0.1) is 17.8 Å². The first-order valence-corrected chi connectivity index (χ1v) is 8.87. The summed E-state index contributed by atoms with van der Waals surface area (Å²) in [6.45, 7) is 6.60. The molecule has 0 spiro atoms. The van der Waals surface area contributed by atoms with Crippen LogP contribution in [0.25, 0.3) is 0 Å². The Morgan fingerprint density at radius 2 is 1.57 bits per heavy atom. The maximum Gasteiger partial charge on any atom is 0.416 e. The van der Waals surface area contributed by atoms with Crippen molar-refractivity contribution in [2.24, 2.45) is 0 Å². The van der Waals surface area contributed by atoms with Crippen LogP contribution in [0.4, 0.5) is 13.2 Å². The van der Waals surface area contributed by atoms with Gasteiger partial charge in [0, 0.05) is 0 Å². The summed E-state index contributed by atoms with van der Waals surface area (Å²) >= 11 is 0. The predicted octanol–water partition coefficient (Wildman–Crippen LogP) is 5.64. The summed E-state index contributed by atoms with van der Waals surface area (Å²) in [6.07, 6.45) is -5.53. The number of alkyl halides is 3. The quantitative estimate of drug-likeness (QED) is 0.569. The molecule has 7 heteroatoms. The molecule has 0 saturated heterocycles. The largest absolute Gasteiger partial charge is 0.490 e. The number of benzene rings is 2. The Hall–Kier alpha value is -2.70. The van der Waals surface area contributed by atoms with E-state index in [1.807, 2.05) is 6.07 Å². The van der Waals surface area contributed by atoms with Gasteiger partial charge in [-0.1, -0.05) is 30.3 Å². The molecule has 2 aromatic carbocycles. The van der Waals surface area contributed by atoms with Crippen LogP contribution >= 0.6 is 0 Å². The Morgan fingerprint density at radius 1 is 0.964 bits per heavy atom. The maximum absolute atomic E-state index is 13.4. The van der Waals surface area contributed by atoms with Crippen LogP contribution in [0.1, 0.15) is 49.2 Å². The van der Waals surface area contributed by atoms with Gasteiger partial charge >= 0.3 is 12.1 Å². The normalized spacial score (nSPS) is 11.6. The lowest BCUT2D eigenvalue weighted by molar-refractivity contribution is -0.137. The van der Waals surface area contributed by atoms with E-state index in [9.17, 15) is 18.0 Å². The van der Waals surface area contributed by atoms with Crippen molar-refractivity contribution in [2.45, 2.75) is 52.7 Å². The molecule has 0 fully saturated rings. The van der Waals surface area contributed by atoms with Crippen LogP contribution in [0.2, 0.25) is 0 Å². The highest BCUT2D eigenvalue weighted by Crippen LogP contribution is 2.39. The lowest BCUT2D eigenvalue weighted by Gasteiger charge is -2.20. The van der Waals surface area contributed by atoms with E-state index in [1.165, 1.54) is 0 Å². The Bertz CT molecular complexity index is 799. The van der Waals surface area contributed by atoms with Crippen LogP contribution in [0.15, 0.2) is 42.5 Å². The monoisotopic (exact) mass is 396 g/mol. The lowest BCUT2D eigenvalue weighted by atomic mass is 10.1. The number of halogens is 3. The van der Waals surface area contributed by atoms with Gasteiger partial charge in [-0.2, -0.15) is 13.2 Å². The number of esters is 1. The third-order valence-corrected chi connectivity index (χ3v) is 3.54. The average molecular weight is 396 g/mol. The lowest BCUT2D eigenvalue weighted by Crippen LogP contribution is -2.18. The summed E-state index contributed by atoms with van der Waals surface area (Å²) in [5.41, 5.74) is -0.381. The summed E-state index contributed by atoms with van der Waals surface area (Å²) in [5.74, 6) is -1.26. The Kier molecular flexibility index (Phi) is 6.94. The second kappa shape index (κ2) is 8.99. The minimum Gasteiger partial charge on any atom is -0.490 e. The second-order valence-electron chi connectivity index (χ2n) is 6.74. The average Bonchev–Trinajstić information content (AvgIpc) is 2.58. The molecule has 0 aliphatic heterocycles. The van der Waals surface area contributed by atoms with Crippen LogP contribution in [0, 0.1) is 0 Å². The molecule has 0 saturated carbocycles. The maximum atomic E-state index is 13.4. The third kappa shape index (κ3) is 5.90. The fourth-order valence-corrected chi connectivity index (χ4v) is 2.42. The number of rotatable bonds is 7. The molecular formula is C21H23F3O4. The van der Waals surface area contributed by atoms with E-state index in [2.05, 4.69) is 0 Å². The van der Waals surface area contributed by atoms with E-state index in [4.69, 9.17) is 14.2 Å². The first kappa shape index (κ1) is 21.6. The Labute approximate surface area is 162 Å². The molecule has 0 aliphatic carbocycles. The fourth-order valence-electron chi connectivity index (χ4n) is 2.42. The standard InChI is InChI=1S/C21H23F3O4/c1-13(2)27-18-11-16(21(22,23)24)10-17(19(18)20(25)28-14(3)4)26-12-15-8-6-5-7-9-15/h5-11,13-14H,12H2,1-4H3. The highest BCUT2D eigenvalue weighted by atomic mass is 19.4. The molecule has 152 valence electrons. The molecule has 0 aromatic heterocycles. The van der Waals surface area contributed by atoms with Gasteiger partial charge in [-0.25, -0.2) is 4.79 Å². The summed E-state index contributed by atoms with van der Waals surface area (Å²) in [7, 11) is 0. The highest BCUT2D eigenvalue weighted by molar-refractivity contribution is 5.96. The molecule has 2 rings (SSSR count). The van der Waals surface area contributed by atoms with Gasteiger partial charge in [0.2, 0.25) is 0 Å². The first-order valence-electron chi connectivity index (χ1n) is 8.87. The minimum absolute atomic E-state index is 0.00870. The number of carbonyl (C=O) groups excluding carboxylic acids is 1. The van der Waals surface area contributed by atoms with Crippen molar-refractivity contribution in [2.75, 3.05) is 0 Å². The highest BCUT2D eigenvalue weighted by Gasteiger charge is 2.35. The summed E-state index contributed by atoms with van der Waals surface area (Å²) < 4.78 is 56.4. The number of hydrogen-bond acceptors (Lipinski definition) is 4. The van der Waals surface area contributed by atoms with Crippen molar-refractivity contribution in [3.63, 3.8) is 0 Å². The van der Waals surface area contributed by atoms with E-state index in [-0.39, 0.29) is 23.7 Å². The molecule has 0 unspecified atom stereocenters. The number of ether oxygens (including phenoxy) is 3. The van der Waals surface area contributed by atoms with Crippen molar-refractivity contribution >= 4 is 5.97 Å². The van der Waals surface area contributed by atoms with Crippen molar-refractivity contribution in [1.82, 2.24) is 0 Å². The summed E-state index contributed by atoms with van der Waals surface area (Å²) in [6, 6.07) is 10.5. The van der Waals surface area contributed by atoms with Gasteiger partial charge in [0.15, 0.2) is 0 Å². The minimum atomic E-state index is -4.62. The zero-order valence-electron chi connectivity index (χ0n) is 16.2. The van der Waals surface area contributed by atoms with E-state index in [1.54, 1.807) is 52.0 Å². The van der Waals surface area contributed by atoms with Crippen LogP contribution in [-0.4, -0.2) is 18.2 Å².